The molecule has 6 aromatic heterocycles. The summed E-state index contributed by atoms with van der Waals surface area (Å²) in [4.78, 5) is 63.8. The number of carbonyl (C=O) groups is 2. The number of rotatable bonds is 8. The minimum absolute atomic E-state index is 0.0193. The van der Waals surface area contributed by atoms with Gasteiger partial charge in [0.2, 0.25) is 11.8 Å². The van der Waals surface area contributed by atoms with Crippen LogP contribution in [0.5, 0.6) is 11.8 Å². The maximum atomic E-state index is 13.8. The van der Waals surface area contributed by atoms with Crippen molar-refractivity contribution in [3.63, 3.8) is 0 Å². The van der Waals surface area contributed by atoms with Gasteiger partial charge in [0.15, 0.2) is 0 Å². The molecule has 2 aliphatic heterocycles. The number of halogens is 4. The molecule has 20 heteroatoms. The van der Waals surface area contributed by atoms with Crippen LogP contribution in [0.25, 0.3) is 11.4 Å². The van der Waals surface area contributed by atoms with E-state index < -0.39 is 12.1 Å². The zero-order chi connectivity index (χ0) is 48.3. The van der Waals surface area contributed by atoms with Crippen LogP contribution in [-0.4, -0.2) is 64.7 Å². The fraction of sp³-hybridized carbons (Fsp3) is 0.167. The number of anilines is 2. The molecule has 0 saturated carbocycles. The highest BCUT2D eigenvalue weighted by Crippen LogP contribution is 2.46. The zero-order valence-electron chi connectivity index (χ0n) is 37.0. The fourth-order valence-electron chi connectivity index (χ4n) is 8.59. The summed E-state index contributed by atoms with van der Waals surface area (Å²) in [5.74, 6) is 0.259. The Morgan fingerprint density at radius 1 is 0.574 bits per heavy atom. The molecule has 0 N–H and O–H groups in total. The lowest BCUT2D eigenvalue weighted by molar-refractivity contribution is 0.0984. The standard InChI is InChI=1S/2C24H19Cl2N5O3/c1-13-19-20(28-31(13)18-5-4-10-27-22(18)34-3)21(14-6-8-15(25)9-7-14)30(24(19)33)16-11-17(26)23(32)29(2)12-16;1-13-19-21(31(28-13)18-5-4-10-27-22(18)34-3)20(14-6-8-15(25)9-7-14)30(24(19)33)16-11-17(26)23(32)29(2)12-16/h4-12,21H,1-3H3;4-12,20H,1-3H3. The van der Waals surface area contributed by atoms with E-state index in [0.29, 0.717) is 78.5 Å². The minimum atomic E-state index is -0.570. The van der Waals surface area contributed by atoms with Gasteiger partial charge in [-0.25, -0.2) is 19.3 Å². The lowest BCUT2D eigenvalue weighted by atomic mass is 10.0. The van der Waals surface area contributed by atoms with E-state index in [9.17, 15) is 19.2 Å². The summed E-state index contributed by atoms with van der Waals surface area (Å²) in [7, 11) is 6.25. The van der Waals surface area contributed by atoms with E-state index in [1.165, 1.54) is 35.5 Å². The number of carbonyl (C=O) groups excluding carboxylic acids is 2. The average Bonchev–Trinajstić information content (AvgIpc) is 4.04. The Labute approximate surface area is 408 Å². The molecule has 2 aliphatic rings. The van der Waals surface area contributed by atoms with Crippen molar-refractivity contribution in [3.8, 4) is 23.1 Å². The Balaban J connectivity index is 0.000000170. The molecule has 2 atom stereocenters. The normalized spacial score (nSPS) is 15.0. The summed E-state index contributed by atoms with van der Waals surface area (Å²) in [6, 6.07) is 23.6. The smallest absolute Gasteiger partial charge is 0.269 e. The first-order valence-corrected chi connectivity index (χ1v) is 22.2. The maximum absolute atomic E-state index is 13.8. The van der Waals surface area contributed by atoms with Gasteiger partial charge in [-0.2, -0.15) is 10.2 Å². The van der Waals surface area contributed by atoms with Gasteiger partial charge in [0.1, 0.15) is 39.2 Å². The molecular formula is C48H38Cl4N10O6. The number of hydrogen-bond acceptors (Lipinski definition) is 10. The number of methoxy groups -OCH3 is 2. The predicted octanol–water partition coefficient (Wildman–Crippen LogP) is 8.68. The molecule has 10 rings (SSSR count). The fourth-order valence-corrected chi connectivity index (χ4v) is 9.33. The summed E-state index contributed by atoms with van der Waals surface area (Å²) in [5, 5.41) is 10.7. The molecule has 8 aromatic rings. The van der Waals surface area contributed by atoms with E-state index in [0.717, 1.165) is 11.1 Å². The first-order valence-electron chi connectivity index (χ1n) is 20.7. The average molecular weight is 993 g/mol. The molecule has 0 saturated heterocycles. The van der Waals surface area contributed by atoms with Crippen molar-refractivity contribution < 1.29 is 19.1 Å². The van der Waals surface area contributed by atoms with Crippen LogP contribution in [0.1, 0.15) is 66.7 Å². The molecule has 0 aliphatic carbocycles. The summed E-state index contributed by atoms with van der Waals surface area (Å²) >= 11 is 24.7. The number of aromatic nitrogens is 8. The van der Waals surface area contributed by atoms with Crippen LogP contribution in [0.2, 0.25) is 20.1 Å². The van der Waals surface area contributed by atoms with Crippen molar-refractivity contribution in [2.75, 3.05) is 24.0 Å². The zero-order valence-corrected chi connectivity index (χ0v) is 40.0. The van der Waals surface area contributed by atoms with E-state index in [1.54, 1.807) is 101 Å². The van der Waals surface area contributed by atoms with Crippen LogP contribution >= 0.6 is 46.4 Å². The van der Waals surface area contributed by atoms with Crippen molar-refractivity contribution in [3.05, 3.63) is 196 Å². The third kappa shape index (κ3) is 7.78. The molecule has 0 radical (unpaired) electrons. The predicted molar refractivity (Wildman–Crippen MR) is 259 cm³/mol. The van der Waals surface area contributed by atoms with Gasteiger partial charge in [-0.15, -0.1) is 0 Å². The Bertz CT molecular complexity index is 3380. The quantitative estimate of drug-likeness (QED) is 0.144. The number of benzene rings is 2. The number of hydrogen-bond donors (Lipinski definition) is 0. The Hall–Kier alpha value is -7.24. The van der Waals surface area contributed by atoms with E-state index in [2.05, 4.69) is 15.1 Å². The second-order valence-electron chi connectivity index (χ2n) is 15.8. The first-order chi connectivity index (χ1) is 32.6. The second-order valence-corrected chi connectivity index (χ2v) is 17.4. The highest BCUT2D eigenvalue weighted by atomic mass is 35.5. The Kier molecular flexibility index (Phi) is 12.2. The van der Waals surface area contributed by atoms with Crippen molar-refractivity contribution in [2.45, 2.75) is 25.9 Å². The summed E-state index contributed by atoms with van der Waals surface area (Å²) in [6.07, 6.45) is 6.44. The third-order valence-electron chi connectivity index (χ3n) is 11.7. The third-order valence-corrected chi connectivity index (χ3v) is 12.7. The van der Waals surface area contributed by atoms with E-state index in [1.807, 2.05) is 43.3 Å². The number of pyridine rings is 4. The van der Waals surface area contributed by atoms with Crippen LogP contribution in [-0.2, 0) is 14.1 Å². The van der Waals surface area contributed by atoms with Crippen molar-refractivity contribution in [1.82, 2.24) is 38.7 Å². The van der Waals surface area contributed by atoms with Crippen molar-refractivity contribution >= 4 is 69.6 Å². The van der Waals surface area contributed by atoms with Gasteiger partial charge in [-0.1, -0.05) is 70.7 Å². The number of amides is 2. The first kappa shape index (κ1) is 45.9. The van der Waals surface area contributed by atoms with Crippen LogP contribution < -0.4 is 30.4 Å². The SMILES string of the molecule is COc1ncccc1-n1nc(C)c2c1C(c1ccc(Cl)cc1)N(c1cc(Cl)c(=O)n(C)c1)C2=O.COc1ncccc1-n1nc2c(c1C)C(=O)N(c1cc(Cl)c(=O)n(C)c1)C2c1ccc(Cl)cc1. The van der Waals surface area contributed by atoms with E-state index in [4.69, 9.17) is 61.0 Å². The molecule has 2 aromatic carbocycles. The summed E-state index contributed by atoms with van der Waals surface area (Å²) < 4.78 is 16.9. The molecular weight excluding hydrogens is 954 g/mol. The van der Waals surface area contributed by atoms with Crippen molar-refractivity contribution in [1.29, 1.82) is 0 Å². The van der Waals surface area contributed by atoms with Crippen LogP contribution in [0.15, 0.2) is 119 Å². The lowest BCUT2D eigenvalue weighted by Gasteiger charge is -2.27. The lowest BCUT2D eigenvalue weighted by Crippen LogP contribution is -2.31. The highest BCUT2D eigenvalue weighted by molar-refractivity contribution is 6.31. The Morgan fingerprint density at radius 2 is 1.03 bits per heavy atom. The van der Waals surface area contributed by atoms with Gasteiger partial charge in [0.25, 0.3) is 22.9 Å². The summed E-state index contributed by atoms with van der Waals surface area (Å²) in [5.41, 5.74) is 6.48. The van der Waals surface area contributed by atoms with Gasteiger partial charge in [-0.3, -0.25) is 29.0 Å². The summed E-state index contributed by atoms with van der Waals surface area (Å²) in [6.45, 7) is 3.61. The molecule has 0 spiro atoms. The monoisotopic (exact) mass is 990 g/mol. The molecule has 16 nitrogen and oxygen atoms in total. The van der Waals surface area contributed by atoms with Crippen LogP contribution in [0, 0.1) is 13.8 Å². The molecule has 8 heterocycles. The number of aryl methyl sites for hydroxylation is 3. The molecule has 68 heavy (non-hydrogen) atoms. The topological polar surface area (TPSA) is 165 Å². The Morgan fingerprint density at radius 3 is 1.51 bits per heavy atom. The van der Waals surface area contributed by atoms with Crippen LogP contribution in [0.4, 0.5) is 11.4 Å². The number of nitrogens with zero attached hydrogens (tertiary/aromatic N) is 10. The van der Waals surface area contributed by atoms with Crippen LogP contribution in [0.3, 0.4) is 0 Å². The molecule has 2 unspecified atom stereocenters. The largest absolute Gasteiger partial charge is 0.479 e. The van der Waals surface area contributed by atoms with Gasteiger partial charge in [0, 0.05) is 48.9 Å². The molecule has 344 valence electrons. The van der Waals surface area contributed by atoms with E-state index in [-0.39, 0.29) is 33.0 Å². The van der Waals surface area contributed by atoms with Crippen molar-refractivity contribution in [2.24, 2.45) is 14.1 Å². The maximum Gasteiger partial charge on any atom is 0.269 e. The van der Waals surface area contributed by atoms with Gasteiger partial charge in [-0.05, 0) is 85.6 Å². The van der Waals surface area contributed by atoms with Gasteiger partial charge in [0.05, 0.1) is 53.8 Å². The van der Waals surface area contributed by atoms with Gasteiger partial charge < -0.3 is 18.6 Å². The minimum Gasteiger partial charge on any atom is -0.479 e. The highest BCUT2D eigenvalue weighted by Gasteiger charge is 2.46. The van der Waals surface area contributed by atoms with E-state index >= 15 is 0 Å². The number of ether oxygens (including phenoxy) is 2. The molecule has 2 amide bonds. The molecule has 0 bridgehead atoms. The second kappa shape index (κ2) is 18.1. The number of fused-ring (bicyclic) bond motifs is 2. The molecule has 0 fully saturated rings. The van der Waals surface area contributed by atoms with Gasteiger partial charge >= 0.3 is 0 Å².